The van der Waals surface area contributed by atoms with E-state index in [0.29, 0.717) is 28.7 Å². The highest BCUT2D eigenvalue weighted by Gasteiger charge is 2.28. The number of hydrogen-bond acceptors (Lipinski definition) is 5. The Bertz CT molecular complexity index is 520. The van der Waals surface area contributed by atoms with Gasteiger partial charge in [0.1, 0.15) is 0 Å². The minimum Gasteiger partial charge on any atom is -0.486 e. The van der Waals surface area contributed by atoms with E-state index in [1.54, 1.807) is 0 Å². The van der Waals surface area contributed by atoms with E-state index in [9.17, 15) is 0 Å². The summed E-state index contributed by atoms with van der Waals surface area (Å²) in [6.07, 6.45) is -0.277. The van der Waals surface area contributed by atoms with Crippen molar-refractivity contribution in [3.05, 3.63) is 6.07 Å². The quantitative estimate of drug-likeness (QED) is 0.552. The maximum atomic E-state index is 6.09. The molecule has 0 aromatic heterocycles. The summed E-state index contributed by atoms with van der Waals surface area (Å²) in [5.74, 6) is 2.42. The van der Waals surface area contributed by atoms with Gasteiger partial charge < -0.3 is 23.7 Å². The van der Waals surface area contributed by atoms with Gasteiger partial charge in [0.05, 0.1) is 36.6 Å². The fourth-order valence-corrected chi connectivity index (χ4v) is 2.19. The summed E-state index contributed by atoms with van der Waals surface area (Å²) in [7, 11) is 0. The summed E-state index contributed by atoms with van der Waals surface area (Å²) in [6, 6.07) is 3.19. The Balaban J connectivity index is 3.68. The highest BCUT2D eigenvalue weighted by Crippen LogP contribution is 2.51. The first-order chi connectivity index (χ1) is 12.0. The van der Waals surface area contributed by atoms with E-state index in [4.69, 9.17) is 23.7 Å². The van der Waals surface area contributed by atoms with Crippen molar-refractivity contribution in [2.45, 2.75) is 99.8 Å². The second kappa shape index (κ2) is 9.79. The van der Waals surface area contributed by atoms with Crippen LogP contribution in [0.3, 0.4) is 0 Å². The largest absolute Gasteiger partial charge is 0.486 e. The molecule has 1 rings (SSSR count). The van der Waals surface area contributed by atoms with Crippen LogP contribution in [0.15, 0.2) is 0 Å². The smallest absolute Gasteiger partial charge is 0.211 e. The molecule has 5 nitrogen and oxygen atoms in total. The summed E-state index contributed by atoms with van der Waals surface area (Å²) >= 11 is 0. The van der Waals surface area contributed by atoms with Crippen molar-refractivity contribution in [3.8, 4) is 28.7 Å². The first-order valence-corrected chi connectivity index (χ1v) is 9.47. The molecule has 5 heteroatoms. The lowest BCUT2D eigenvalue weighted by Gasteiger charge is -2.26. The van der Waals surface area contributed by atoms with Gasteiger partial charge in [0.2, 0.25) is 17.2 Å². The predicted octanol–water partition coefficient (Wildman–Crippen LogP) is 5.42. The van der Waals surface area contributed by atoms with Gasteiger partial charge in [-0.3, -0.25) is 0 Å². The highest BCUT2D eigenvalue weighted by atomic mass is 16.6. The summed E-state index contributed by atoms with van der Waals surface area (Å²) in [4.78, 5) is 0. The normalized spacial score (nSPS) is 11.7. The topological polar surface area (TPSA) is 46.2 Å². The SMILES string of the molecule is CC(C)Oc1[c]c(OC(C)C)c(OC(C)C)c(OC(C)C)c1OC(C)C. The zero-order valence-electron chi connectivity index (χ0n) is 17.9. The first-order valence-electron chi connectivity index (χ1n) is 9.47. The van der Waals surface area contributed by atoms with Crippen LogP contribution in [0.5, 0.6) is 28.7 Å². The van der Waals surface area contributed by atoms with Crippen molar-refractivity contribution in [1.29, 1.82) is 0 Å². The van der Waals surface area contributed by atoms with Crippen LogP contribution in [0.4, 0.5) is 0 Å². The van der Waals surface area contributed by atoms with E-state index in [1.807, 2.05) is 69.2 Å². The Morgan fingerprint density at radius 2 is 0.692 bits per heavy atom. The second-order valence-corrected chi connectivity index (χ2v) is 7.60. The molecule has 0 aliphatic carbocycles. The molecular weight excluding hydrogens is 332 g/mol. The summed E-state index contributed by atoms with van der Waals surface area (Å²) in [5.41, 5.74) is 0. The third kappa shape index (κ3) is 6.85. The average Bonchev–Trinajstić information content (AvgIpc) is 2.44. The van der Waals surface area contributed by atoms with Gasteiger partial charge in [-0.1, -0.05) is 0 Å². The molecule has 0 amide bonds. The number of benzene rings is 1. The minimum absolute atomic E-state index is 0.0450. The third-order valence-corrected chi connectivity index (χ3v) is 2.82. The van der Waals surface area contributed by atoms with E-state index in [0.717, 1.165) is 0 Å². The average molecular weight is 368 g/mol. The molecule has 1 radical (unpaired) electrons. The monoisotopic (exact) mass is 367 g/mol. The van der Waals surface area contributed by atoms with Crippen molar-refractivity contribution < 1.29 is 23.7 Å². The van der Waals surface area contributed by atoms with Crippen LogP contribution in [-0.4, -0.2) is 30.5 Å². The molecular formula is C21H35O5. The van der Waals surface area contributed by atoms with Crippen LogP contribution in [0, 0.1) is 6.07 Å². The molecule has 0 heterocycles. The van der Waals surface area contributed by atoms with E-state index in [2.05, 4.69) is 6.07 Å². The van der Waals surface area contributed by atoms with Gasteiger partial charge in [-0.25, -0.2) is 0 Å². The van der Waals surface area contributed by atoms with Crippen molar-refractivity contribution in [2.75, 3.05) is 0 Å². The summed E-state index contributed by atoms with van der Waals surface area (Å²) in [5, 5.41) is 0. The van der Waals surface area contributed by atoms with Crippen LogP contribution in [0.1, 0.15) is 69.2 Å². The van der Waals surface area contributed by atoms with Crippen LogP contribution < -0.4 is 23.7 Å². The molecule has 0 saturated carbocycles. The molecule has 149 valence electrons. The standard InChI is InChI=1S/C21H35O5/c1-12(2)22-17-11-18(23-13(3)4)20(25-15(7)8)21(26-16(9)10)19(17)24-14(5)6/h12-16H,1-10H3. The van der Waals surface area contributed by atoms with Gasteiger partial charge >= 0.3 is 0 Å². The lowest BCUT2D eigenvalue weighted by molar-refractivity contribution is 0.150. The Hall–Kier alpha value is -1.78. The fraction of sp³-hybridized carbons (Fsp3) is 0.714. The number of ether oxygens (including phenoxy) is 5. The summed E-state index contributed by atoms with van der Waals surface area (Å²) < 4.78 is 30.1. The van der Waals surface area contributed by atoms with Crippen molar-refractivity contribution in [3.63, 3.8) is 0 Å². The predicted molar refractivity (Wildman–Crippen MR) is 104 cm³/mol. The lowest BCUT2D eigenvalue weighted by Crippen LogP contribution is -2.18. The fourth-order valence-electron chi connectivity index (χ4n) is 2.19. The summed E-state index contributed by atoms with van der Waals surface area (Å²) in [6.45, 7) is 19.6. The first kappa shape index (κ1) is 22.3. The second-order valence-electron chi connectivity index (χ2n) is 7.60. The number of hydrogen-bond donors (Lipinski definition) is 0. The molecule has 26 heavy (non-hydrogen) atoms. The molecule has 0 unspecified atom stereocenters. The molecule has 0 atom stereocenters. The molecule has 1 aromatic rings. The molecule has 0 aliphatic heterocycles. The molecule has 0 aliphatic rings. The van der Waals surface area contributed by atoms with Gasteiger partial charge in [0.25, 0.3) is 0 Å². The molecule has 0 saturated heterocycles. The van der Waals surface area contributed by atoms with Crippen molar-refractivity contribution in [2.24, 2.45) is 0 Å². The number of rotatable bonds is 10. The van der Waals surface area contributed by atoms with Gasteiger partial charge in [-0.2, -0.15) is 0 Å². The lowest BCUT2D eigenvalue weighted by atomic mass is 10.2. The van der Waals surface area contributed by atoms with Gasteiger partial charge in [-0.15, -0.1) is 0 Å². The Morgan fingerprint density at radius 3 is 0.962 bits per heavy atom. The molecule has 1 aromatic carbocycles. The zero-order valence-corrected chi connectivity index (χ0v) is 17.9. The molecule has 0 fully saturated rings. The third-order valence-electron chi connectivity index (χ3n) is 2.82. The van der Waals surface area contributed by atoms with E-state index < -0.39 is 0 Å². The van der Waals surface area contributed by atoms with Gasteiger partial charge in [0.15, 0.2) is 11.5 Å². The maximum absolute atomic E-state index is 6.09. The van der Waals surface area contributed by atoms with Crippen LogP contribution in [0.25, 0.3) is 0 Å². The van der Waals surface area contributed by atoms with Gasteiger partial charge in [-0.05, 0) is 69.2 Å². The van der Waals surface area contributed by atoms with Crippen LogP contribution in [0.2, 0.25) is 0 Å². The maximum Gasteiger partial charge on any atom is 0.211 e. The van der Waals surface area contributed by atoms with Crippen molar-refractivity contribution in [1.82, 2.24) is 0 Å². The highest BCUT2D eigenvalue weighted by molar-refractivity contribution is 5.65. The van der Waals surface area contributed by atoms with Gasteiger partial charge in [0, 0.05) is 0 Å². The van der Waals surface area contributed by atoms with E-state index >= 15 is 0 Å². The molecule has 0 spiro atoms. The Morgan fingerprint density at radius 1 is 0.423 bits per heavy atom. The van der Waals surface area contributed by atoms with Crippen LogP contribution in [-0.2, 0) is 0 Å². The molecule has 0 N–H and O–H groups in total. The zero-order chi connectivity index (χ0) is 20.0. The minimum atomic E-state index is -0.0692. The van der Waals surface area contributed by atoms with E-state index in [-0.39, 0.29) is 30.5 Å². The van der Waals surface area contributed by atoms with Crippen LogP contribution >= 0.6 is 0 Å². The van der Waals surface area contributed by atoms with Crippen molar-refractivity contribution >= 4 is 0 Å². The Labute approximate surface area is 158 Å². The Kier molecular flexibility index (Phi) is 8.38. The van der Waals surface area contributed by atoms with E-state index in [1.165, 1.54) is 0 Å². The molecule has 0 bridgehead atoms.